The average Bonchev–Trinajstić information content (AvgIpc) is 2.95. The minimum atomic E-state index is -3.30. The van der Waals surface area contributed by atoms with E-state index in [1.54, 1.807) is 12.1 Å². The first kappa shape index (κ1) is 16.5. The fraction of sp³-hybridized carbons (Fsp3) is 0.588. The molecular weight excluding hydrogens is 312 g/mol. The molecule has 1 spiro atoms. The second-order valence-corrected chi connectivity index (χ2v) is 8.98. The molecule has 0 aromatic heterocycles. The molecule has 1 N–H and O–H groups in total. The summed E-state index contributed by atoms with van der Waals surface area (Å²) in [6.07, 6.45) is 4.41. The molecule has 2 aliphatic heterocycles. The van der Waals surface area contributed by atoms with Gasteiger partial charge in [-0.2, -0.15) is 0 Å². The molecule has 2 aliphatic rings. The van der Waals surface area contributed by atoms with Crippen molar-refractivity contribution in [2.75, 3.05) is 32.4 Å². The predicted molar refractivity (Wildman–Crippen MR) is 89.3 cm³/mol. The quantitative estimate of drug-likeness (QED) is 0.891. The molecule has 126 valence electrons. The molecule has 0 radical (unpaired) electrons. The summed E-state index contributed by atoms with van der Waals surface area (Å²) in [5.74, 6) is -0.0474. The van der Waals surface area contributed by atoms with Gasteiger partial charge in [-0.3, -0.25) is 4.79 Å². The smallest absolute Gasteiger partial charge is 0.254 e. The maximum atomic E-state index is 12.8. The van der Waals surface area contributed by atoms with E-state index in [1.165, 1.54) is 18.7 Å². The van der Waals surface area contributed by atoms with Crippen LogP contribution < -0.4 is 5.32 Å². The summed E-state index contributed by atoms with van der Waals surface area (Å²) in [6, 6.07) is 4.81. The topological polar surface area (TPSA) is 66.5 Å². The largest absolute Gasteiger partial charge is 0.339 e. The first-order chi connectivity index (χ1) is 10.8. The van der Waals surface area contributed by atoms with Crippen LogP contribution in [0.15, 0.2) is 23.1 Å². The summed E-state index contributed by atoms with van der Waals surface area (Å²) >= 11 is 0. The van der Waals surface area contributed by atoms with Crippen molar-refractivity contribution in [2.45, 2.75) is 31.1 Å². The van der Waals surface area contributed by atoms with Gasteiger partial charge in [0.25, 0.3) is 5.91 Å². The zero-order valence-corrected chi connectivity index (χ0v) is 14.6. The highest BCUT2D eigenvalue weighted by atomic mass is 32.2. The van der Waals surface area contributed by atoms with Gasteiger partial charge in [-0.1, -0.05) is 6.07 Å². The van der Waals surface area contributed by atoms with Gasteiger partial charge in [0.2, 0.25) is 0 Å². The summed E-state index contributed by atoms with van der Waals surface area (Å²) in [4.78, 5) is 14.9. The van der Waals surface area contributed by atoms with Crippen LogP contribution in [0.4, 0.5) is 0 Å². The fourth-order valence-electron chi connectivity index (χ4n) is 3.64. The molecule has 23 heavy (non-hydrogen) atoms. The van der Waals surface area contributed by atoms with Crippen molar-refractivity contribution in [1.29, 1.82) is 0 Å². The Balaban J connectivity index is 1.78. The molecule has 2 saturated heterocycles. The second-order valence-electron chi connectivity index (χ2n) is 6.97. The lowest BCUT2D eigenvalue weighted by atomic mass is 9.77. The molecule has 2 heterocycles. The van der Waals surface area contributed by atoms with E-state index in [-0.39, 0.29) is 10.8 Å². The molecule has 0 aliphatic carbocycles. The standard InChI is InChI=1S/C17H24N2O3S/c1-13-3-4-14(23(2,21)22)11-15(13)16(20)19-9-6-17(7-10-19)5-8-18-12-17/h3-4,11,18H,5-10,12H2,1-2H3. The highest BCUT2D eigenvalue weighted by molar-refractivity contribution is 7.90. The van der Waals surface area contributed by atoms with Crippen molar-refractivity contribution in [3.8, 4) is 0 Å². The van der Waals surface area contributed by atoms with Crippen molar-refractivity contribution >= 4 is 15.7 Å². The molecule has 6 heteroatoms. The number of nitrogens with one attached hydrogen (secondary N) is 1. The minimum Gasteiger partial charge on any atom is -0.339 e. The molecule has 1 aromatic carbocycles. The zero-order chi connectivity index (χ0) is 16.7. The van der Waals surface area contributed by atoms with Gasteiger partial charge in [-0.15, -0.1) is 0 Å². The van der Waals surface area contributed by atoms with Crippen LogP contribution in [0.1, 0.15) is 35.2 Å². The minimum absolute atomic E-state index is 0.0474. The molecule has 0 atom stereocenters. The Bertz CT molecular complexity index is 711. The Morgan fingerprint density at radius 1 is 1.22 bits per heavy atom. The van der Waals surface area contributed by atoms with Crippen LogP contribution in [-0.2, 0) is 9.84 Å². The molecule has 1 aromatic rings. The van der Waals surface area contributed by atoms with Crippen LogP contribution in [0.5, 0.6) is 0 Å². The van der Waals surface area contributed by atoms with E-state index >= 15 is 0 Å². The first-order valence-corrected chi connectivity index (χ1v) is 10.0. The maximum absolute atomic E-state index is 12.8. The summed E-state index contributed by atoms with van der Waals surface area (Å²) in [5, 5.41) is 3.42. The lowest BCUT2D eigenvalue weighted by molar-refractivity contribution is 0.0606. The van der Waals surface area contributed by atoms with Gasteiger partial charge in [-0.25, -0.2) is 8.42 Å². The normalized spacial score (nSPS) is 20.9. The summed E-state index contributed by atoms with van der Waals surface area (Å²) in [6.45, 7) is 5.48. The number of amides is 1. The van der Waals surface area contributed by atoms with E-state index < -0.39 is 9.84 Å². The van der Waals surface area contributed by atoms with Gasteiger partial charge in [0.05, 0.1) is 4.90 Å². The number of rotatable bonds is 2. The monoisotopic (exact) mass is 336 g/mol. The Hall–Kier alpha value is -1.40. The molecule has 2 fully saturated rings. The van der Waals surface area contributed by atoms with Crippen molar-refractivity contribution in [3.63, 3.8) is 0 Å². The van der Waals surface area contributed by atoms with Crippen molar-refractivity contribution in [1.82, 2.24) is 10.2 Å². The third-order valence-electron chi connectivity index (χ3n) is 5.31. The highest BCUT2D eigenvalue weighted by Gasteiger charge is 2.38. The maximum Gasteiger partial charge on any atom is 0.254 e. The molecular formula is C17H24N2O3S. The van der Waals surface area contributed by atoms with Crippen LogP contribution in [0.25, 0.3) is 0 Å². The second kappa shape index (κ2) is 5.91. The van der Waals surface area contributed by atoms with Gasteiger partial charge in [0, 0.05) is 31.5 Å². The van der Waals surface area contributed by atoms with E-state index in [9.17, 15) is 13.2 Å². The van der Waals surface area contributed by atoms with Gasteiger partial charge >= 0.3 is 0 Å². The molecule has 0 bridgehead atoms. The van der Waals surface area contributed by atoms with Gasteiger partial charge in [0.1, 0.15) is 0 Å². The molecule has 1 amide bonds. The molecule has 3 rings (SSSR count). The number of nitrogens with zero attached hydrogens (tertiary/aromatic N) is 1. The summed E-state index contributed by atoms with van der Waals surface area (Å²) < 4.78 is 23.5. The Morgan fingerprint density at radius 3 is 2.48 bits per heavy atom. The van der Waals surface area contributed by atoms with E-state index in [4.69, 9.17) is 0 Å². The zero-order valence-electron chi connectivity index (χ0n) is 13.8. The number of aryl methyl sites for hydroxylation is 1. The van der Waals surface area contributed by atoms with E-state index in [2.05, 4.69) is 5.32 Å². The Labute approximate surface area is 138 Å². The lowest BCUT2D eigenvalue weighted by Gasteiger charge is -2.39. The Kier molecular flexibility index (Phi) is 4.23. The molecule has 0 saturated carbocycles. The van der Waals surface area contributed by atoms with Crippen LogP contribution in [-0.4, -0.2) is 51.7 Å². The SMILES string of the molecule is Cc1ccc(S(C)(=O)=O)cc1C(=O)N1CCC2(CCNC2)CC1. The van der Waals surface area contributed by atoms with E-state index in [0.717, 1.165) is 44.6 Å². The lowest BCUT2D eigenvalue weighted by Crippen LogP contribution is -2.44. The van der Waals surface area contributed by atoms with E-state index in [1.807, 2.05) is 11.8 Å². The van der Waals surface area contributed by atoms with Gasteiger partial charge in [0.15, 0.2) is 9.84 Å². The van der Waals surface area contributed by atoms with E-state index in [0.29, 0.717) is 11.0 Å². The average molecular weight is 336 g/mol. The number of hydrogen-bond donors (Lipinski definition) is 1. The number of likely N-dealkylation sites (tertiary alicyclic amines) is 1. The highest BCUT2D eigenvalue weighted by Crippen LogP contribution is 2.37. The number of carbonyl (C=O) groups excluding carboxylic acids is 1. The van der Waals surface area contributed by atoms with Crippen LogP contribution in [0.2, 0.25) is 0 Å². The Morgan fingerprint density at radius 2 is 1.91 bits per heavy atom. The first-order valence-electron chi connectivity index (χ1n) is 8.12. The van der Waals surface area contributed by atoms with Gasteiger partial charge in [-0.05, 0) is 55.8 Å². The van der Waals surface area contributed by atoms with Crippen molar-refractivity contribution in [2.24, 2.45) is 5.41 Å². The number of benzene rings is 1. The summed E-state index contributed by atoms with van der Waals surface area (Å²) in [7, 11) is -3.30. The van der Waals surface area contributed by atoms with Crippen molar-refractivity contribution < 1.29 is 13.2 Å². The van der Waals surface area contributed by atoms with Crippen LogP contribution >= 0.6 is 0 Å². The predicted octanol–water partition coefficient (Wildman–Crippen LogP) is 1.61. The summed E-state index contributed by atoms with van der Waals surface area (Å²) in [5.41, 5.74) is 1.69. The third kappa shape index (κ3) is 3.28. The third-order valence-corrected chi connectivity index (χ3v) is 6.42. The number of sulfone groups is 1. The number of carbonyl (C=O) groups is 1. The van der Waals surface area contributed by atoms with Crippen molar-refractivity contribution in [3.05, 3.63) is 29.3 Å². The number of piperidine rings is 1. The molecule has 0 unspecified atom stereocenters. The van der Waals surface area contributed by atoms with Gasteiger partial charge < -0.3 is 10.2 Å². The fourth-order valence-corrected chi connectivity index (χ4v) is 4.29. The van der Waals surface area contributed by atoms with Crippen LogP contribution in [0, 0.1) is 12.3 Å². The van der Waals surface area contributed by atoms with Crippen LogP contribution in [0.3, 0.4) is 0 Å². The molecule has 5 nitrogen and oxygen atoms in total. The number of hydrogen-bond acceptors (Lipinski definition) is 4.